The van der Waals surface area contributed by atoms with E-state index in [1.54, 1.807) is 24.5 Å². The smallest absolute Gasteiger partial charge is 0.290 e. The third kappa shape index (κ3) is 1.33. The van der Waals surface area contributed by atoms with E-state index in [9.17, 15) is 4.79 Å². The third-order valence-corrected chi connectivity index (χ3v) is 1.72. The predicted molar refractivity (Wildman–Crippen MR) is 49.7 cm³/mol. The minimum Gasteiger partial charge on any atom is -0.334 e. The molecule has 0 unspecified atom stereocenters. The molecule has 70 valence electrons. The van der Waals surface area contributed by atoms with Crippen molar-refractivity contribution in [2.45, 2.75) is 0 Å². The molecule has 0 saturated heterocycles. The van der Waals surface area contributed by atoms with Crippen molar-refractivity contribution in [2.24, 2.45) is 0 Å². The molecule has 0 saturated carbocycles. The molecule has 14 heavy (non-hydrogen) atoms. The highest BCUT2D eigenvalue weighted by Gasteiger charge is 2.04. The lowest BCUT2D eigenvalue weighted by atomic mass is 10.2. The van der Waals surface area contributed by atoms with Crippen LogP contribution >= 0.6 is 0 Å². The van der Waals surface area contributed by atoms with E-state index in [2.05, 4.69) is 15.2 Å². The van der Waals surface area contributed by atoms with Crippen molar-refractivity contribution >= 4 is 0 Å². The fourth-order valence-corrected chi connectivity index (χ4v) is 1.05. The average molecular weight is 189 g/mol. The summed E-state index contributed by atoms with van der Waals surface area (Å²) in [6.45, 7) is 0. The first kappa shape index (κ1) is 8.36. The van der Waals surface area contributed by atoms with E-state index >= 15 is 0 Å². The Morgan fingerprint density at radius 1 is 1.29 bits per heavy atom. The van der Waals surface area contributed by atoms with Crippen LogP contribution in [0.5, 0.6) is 0 Å². The van der Waals surface area contributed by atoms with E-state index in [1.165, 1.54) is 0 Å². The summed E-state index contributed by atoms with van der Waals surface area (Å²) in [5, 5.41) is 7.31. The van der Waals surface area contributed by atoms with Gasteiger partial charge in [-0.2, -0.15) is 5.10 Å². The Morgan fingerprint density at radius 2 is 2.00 bits per heavy atom. The van der Waals surface area contributed by atoms with E-state index in [0.29, 0.717) is 11.4 Å². The number of nitrogen functional groups attached to an aromatic ring is 1. The summed E-state index contributed by atoms with van der Waals surface area (Å²) < 4.78 is 0.947. The average Bonchev–Trinajstić information content (AvgIpc) is 2.23. The Morgan fingerprint density at radius 3 is 2.71 bits per heavy atom. The molecule has 0 aliphatic carbocycles. The Bertz CT molecular complexity index is 493. The van der Waals surface area contributed by atoms with Crippen LogP contribution in [0.3, 0.4) is 0 Å². The first-order valence-corrected chi connectivity index (χ1v) is 3.89. The Labute approximate surface area is 79.0 Å². The molecule has 0 aromatic carbocycles. The second-order valence-electron chi connectivity index (χ2n) is 2.61. The largest absolute Gasteiger partial charge is 0.334 e. The van der Waals surface area contributed by atoms with Crippen LogP contribution in [-0.2, 0) is 0 Å². The monoisotopic (exact) mass is 189 g/mol. The van der Waals surface area contributed by atoms with Crippen molar-refractivity contribution in [3.63, 3.8) is 0 Å². The van der Waals surface area contributed by atoms with Gasteiger partial charge in [0.15, 0.2) is 5.82 Å². The van der Waals surface area contributed by atoms with Crippen LogP contribution in [0, 0.1) is 0 Å². The minimum absolute atomic E-state index is 0.319. The van der Waals surface area contributed by atoms with Gasteiger partial charge in [0.25, 0.3) is 5.56 Å². The SMILES string of the molecule is Nn1c(-c2ccncc2)nncc1=O. The molecule has 0 aliphatic heterocycles. The summed E-state index contributed by atoms with van der Waals surface area (Å²) >= 11 is 0. The van der Waals surface area contributed by atoms with Gasteiger partial charge in [-0.3, -0.25) is 9.78 Å². The molecule has 0 amide bonds. The number of hydrogen-bond donors (Lipinski definition) is 1. The summed E-state index contributed by atoms with van der Waals surface area (Å²) in [5.41, 5.74) is 0.305. The van der Waals surface area contributed by atoms with Gasteiger partial charge in [0, 0.05) is 18.0 Å². The summed E-state index contributed by atoms with van der Waals surface area (Å²) in [6.07, 6.45) is 4.24. The highest BCUT2D eigenvalue weighted by atomic mass is 16.1. The zero-order valence-corrected chi connectivity index (χ0v) is 7.16. The summed E-state index contributed by atoms with van der Waals surface area (Å²) in [4.78, 5) is 15.0. The predicted octanol–water partition coefficient (Wildman–Crippen LogP) is -0.586. The maximum Gasteiger partial charge on any atom is 0.290 e. The van der Waals surface area contributed by atoms with Gasteiger partial charge < -0.3 is 5.84 Å². The molecule has 0 aliphatic rings. The molecule has 6 nitrogen and oxygen atoms in total. The first-order valence-electron chi connectivity index (χ1n) is 3.89. The molecule has 2 aromatic heterocycles. The molecule has 6 heteroatoms. The van der Waals surface area contributed by atoms with Crippen molar-refractivity contribution in [1.29, 1.82) is 0 Å². The molecule has 2 aromatic rings. The molecule has 0 radical (unpaired) electrons. The molecular formula is C8H7N5O. The Hall–Kier alpha value is -2.24. The van der Waals surface area contributed by atoms with E-state index < -0.39 is 5.56 Å². The van der Waals surface area contributed by atoms with Crippen LogP contribution in [0.25, 0.3) is 11.4 Å². The molecule has 2 N–H and O–H groups in total. The zero-order valence-electron chi connectivity index (χ0n) is 7.16. The van der Waals surface area contributed by atoms with Gasteiger partial charge in [-0.1, -0.05) is 0 Å². The number of rotatable bonds is 1. The maximum absolute atomic E-state index is 11.1. The van der Waals surface area contributed by atoms with Gasteiger partial charge in [0.05, 0.1) is 0 Å². The highest BCUT2D eigenvalue weighted by molar-refractivity contribution is 5.53. The number of pyridine rings is 1. The Kier molecular flexibility index (Phi) is 1.94. The van der Waals surface area contributed by atoms with Crippen LogP contribution in [-0.4, -0.2) is 19.9 Å². The summed E-state index contributed by atoms with van der Waals surface area (Å²) in [6, 6.07) is 3.40. The van der Waals surface area contributed by atoms with Crippen molar-refractivity contribution in [3.8, 4) is 11.4 Å². The molecule has 0 fully saturated rings. The standard InChI is InChI=1S/C8H7N5O/c9-13-7(14)5-11-12-8(13)6-1-3-10-4-2-6/h1-5H,9H2. The van der Waals surface area contributed by atoms with Crippen LogP contribution in [0.4, 0.5) is 0 Å². The number of nitrogens with two attached hydrogens (primary N) is 1. The van der Waals surface area contributed by atoms with Gasteiger partial charge >= 0.3 is 0 Å². The van der Waals surface area contributed by atoms with Crippen molar-refractivity contribution in [1.82, 2.24) is 19.9 Å². The van der Waals surface area contributed by atoms with E-state index in [4.69, 9.17) is 5.84 Å². The van der Waals surface area contributed by atoms with Gasteiger partial charge in [-0.25, -0.2) is 4.68 Å². The lowest BCUT2D eigenvalue weighted by Crippen LogP contribution is -2.29. The normalized spacial score (nSPS) is 10.0. The number of aromatic nitrogens is 4. The molecule has 2 heterocycles. The van der Waals surface area contributed by atoms with E-state index in [-0.39, 0.29) is 0 Å². The fraction of sp³-hybridized carbons (Fsp3) is 0. The molecule has 0 bridgehead atoms. The van der Waals surface area contributed by atoms with Crippen molar-refractivity contribution < 1.29 is 0 Å². The number of hydrogen-bond acceptors (Lipinski definition) is 5. The third-order valence-electron chi connectivity index (χ3n) is 1.72. The minimum atomic E-state index is -0.396. The number of nitrogens with zero attached hydrogens (tertiary/aromatic N) is 4. The van der Waals surface area contributed by atoms with Gasteiger partial charge in [-0.05, 0) is 12.1 Å². The van der Waals surface area contributed by atoms with Crippen LogP contribution in [0.2, 0.25) is 0 Å². The van der Waals surface area contributed by atoms with Gasteiger partial charge in [0.2, 0.25) is 0 Å². The van der Waals surface area contributed by atoms with E-state index in [0.717, 1.165) is 10.9 Å². The van der Waals surface area contributed by atoms with Gasteiger partial charge in [0.1, 0.15) is 6.20 Å². The second kappa shape index (κ2) is 3.25. The lowest BCUT2D eigenvalue weighted by Gasteiger charge is -2.03. The highest BCUT2D eigenvalue weighted by Crippen LogP contribution is 2.10. The topological polar surface area (TPSA) is 86.7 Å². The lowest BCUT2D eigenvalue weighted by molar-refractivity contribution is 0.834. The van der Waals surface area contributed by atoms with Gasteiger partial charge in [-0.15, -0.1) is 5.10 Å². The fourth-order valence-electron chi connectivity index (χ4n) is 1.05. The Balaban J connectivity index is 2.64. The quantitative estimate of drug-likeness (QED) is 0.606. The van der Waals surface area contributed by atoms with Crippen LogP contribution in [0.1, 0.15) is 0 Å². The summed E-state index contributed by atoms with van der Waals surface area (Å²) in [7, 11) is 0. The van der Waals surface area contributed by atoms with Crippen molar-refractivity contribution in [2.75, 3.05) is 5.84 Å². The van der Waals surface area contributed by atoms with Crippen molar-refractivity contribution in [3.05, 3.63) is 41.1 Å². The molecular weight excluding hydrogens is 182 g/mol. The molecule has 0 spiro atoms. The molecule has 0 atom stereocenters. The summed E-state index contributed by atoms with van der Waals surface area (Å²) in [5.74, 6) is 5.82. The second-order valence-corrected chi connectivity index (χ2v) is 2.61. The van der Waals surface area contributed by atoms with Crippen LogP contribution in [0.15, 0.2) is 35.5 Å². The first-order chi connectivity index (χ1) is 6.79. The maximum atomic E-state index is 11.1. The van der Waals surface area contributed by atoms with Crippen LogP contribution < -0.4 is 11.4 Å². The van der Waals surface area contributed by atoms with E-state index in [1.807, 2.05) is 0 Å². The zero-order chi connectivity index (χ0) is 9.97. The molecule has 2 rings (SSSR count).